The number of hydrogen-bond donors (Lipinski definition) is 5. The number of carboxylic acid groups (broad SMARTS) is 1. The van der Waals surface area contributed by atoms with Gasteiger partial charge in [-0.3, -0.25) is 4.79 Å². The fraction of sp³-hybridized carbons (Fsp3) is 0.576. The van der Waals surface area contributed by atoms with Gasteiger partial charge < -0.3 is 25.5 Å². The number of phenols is 4. The molecule has 0 aromatic heterocycles. The molecule has 1 unspecified atom stereocenters. The molecule has 4 aromatic rings. The zero-order valence-electron chi connectivity index (χ0n) is 44.8. The van der Waals surface area contributed by atoms with E-state index in [1.807, 2.05) is 90.1 Å². The van der Waals surface area contributed by atoms with Crippen molar-refractivity contribution in [1.29, 1.82) is 0 Å². The van der Waals surface area contributed by atoms with Gasteiger partial charge in [-0.1, -0.05) is 215 Å². The molecule has 4 rings (SSSR count). The minimum atomic E-state index is -1.64. The predicted octanol–water partition coefficient (Wildman–Crippen LogP) is 15.1. The maximum absolute atomic E-state index is 15.4. The Morgan fingerprint density at radius 1 is 0.323 bits per heavy atom. The van der Waals surface area contributed by atoms with E-state index in [1.54, 1.807) is 0 Å². The van der Waals surface area contributed by atoms with E-state index in [1.165, 1.54) is 0 Å². The van der Waals surface area contributed by atoms with Gasteiger partial charge in [-0.25, -0.2) is 0 Å². The van der Waals surface area contributed by atoms with Gasteiger partial charge in [-0.2, -0.15) is 0 Å². The lowest BCUT2D eigenvalue weighted by molar-refractivity contribution is -0.140. The summed E-state index contributed by atoms with van der Waals surface area (Å²) in [5.74, 6) is -1.84. The van der Waals surface area contributed by atoms with Crippen LogP contribution in [0.2, 0.25) is 0 Å². The Hall–Kier alpha value is -4.45. The molecule has 0 bridgehead atoms. The summed E-state index contributed by atoms with van der Waals surface area (Å²) < 4.78 is 0. The molecule has 65 heavy (non-hydrogen) atoms. The molecule has 6 heteroatoms. The minimum absolute atomic E-state index is 0.141. The molecule has 358 valence electrons. The number of carbonyl (C=O) groups is 1. The standard InChI is InChI=1S/C59H86O6/c1-51(2,3)37-25-33(26-38(46(37)60)52(4,5)6)45(50(64)65)59(34-27-39(53(7,8)9)47(61)40(28-34)54(10,11)12,35-29-41(55(13,14)15)48(62)42(30-35)56(16,17)18)36-31-43(57(19,20)21)49(63)44(32-36)58(22,23)24/h25-32,45,60-63H,1-24H3,(H,64,65). The zero-order chi connectivity index (χ0) is 50.5. The molecule has 0 fully saturated rings. The SMILES string of the molecule is CC(C)(C)c1cc(C(C(=O)O)C(c2cc(C(C)(C)C)c(O)c(C(C)(C)C)c2)(c2cc(C(C)(C)C)c(O)c(C(C)(C)C)c2)c2cc(C(C)(C)C)c(O)c(C(C)(C)C)c2)cc(C(C)(C)C)c1O. The fourth-order valence-electron chi connectivity index (χ4n) is 9.56. The summed E-state index contributed by atoms with van der Waals surface area (Å²) in [4.78, 5) is 15.4. The predicted molar refractivity (Wildman–Crippen MR) is 272 cm³/mol. The highest BCUT2D eigenvalue weighted by molar-refractivity contribution is 5.84. The molecule has 1 atom stereocenters. The maximum Gasteiger partial charge on any atom is 0.312 e. The third-order valence-corrected chi connectivity index (χ3v) is 13.3. The first-order chi connectivity index (χ1) is 28.8. The number of aliphatic carboxylic acids is 1. The van der Waals surface area contributed by atoms with Gasteiger partial charge in [-0.05, 0) is 110 Å². The van der Waals surface area contributed by atoms with Gasteiger partial charge in [0.05, 0.1) is 11.3 Å². The quantitative estimate of drug-likeness (QED) is 0.123. The normalized spacial score (nSPS) is 14.5. The summed E-state index contributed by atoms with van der Waals surface area (Å²) in [6.07, 6.45) is 0. The number of phenolic OH excluding ortho intramolecular Hbond substituents is 4. The lowest BCUT2D eigenvalue weighted by Gasteiger charge is -2.45. The summed E-state index contributed by atoms with van der Waals surface area (Å²) in [5.41, 5.74) is 1.36. The summed E-state index contributed by atoms with van der Waals surface area (Å²) >= 11 is 0. The molecule has 0 heterocycles. The molecule has 0 aliphatic rings. The second-order valence-corrected chi connectivity index (χ2v) is 27.3. The van der Waals surface area contributed by atoms with Crippen LogP contribution in [-0.4, -0.2) is 31.5 Å². The smallest absolute Gasteiger partial charge is 0.312 e. The van der Waals surface area contributed by atoms with Crippen molar-refractivity contribution in [3.63, 3.8) is 0 Å². The van der Waals surface area contributed by atoms with Crippen LogP contribution in [0.5, 0.6) is 23.0 Å². The largest absolute Gasteiger partial charge is 0.507 e. The highest BCUT2D eigenvalue weighted by Gasteiger charge is 2.52. The average Bonchev–Trinajstić information content (AvgIpc) is 3.07. The molecule has 6 nitrogen and oxygen atoms in total. The van der Waals surface area contributed by atoms with E-state index in [0.29, 0.717) is 66.8 Å². The van der Waals surface area contributed by atoms with Crippen molar-refractivity contribution in [3.05, 3.63) is 115 Å². The zero-order valence-corrected chi connectivity index (χ0v) is 44.8. The monoisotopic (exact) mass is 891 g/mol. The van der Waals surface area contributed by atoms with Crippen LogP contribution in [0, 0.1) is 0 Å². The Balaban J connectivity index is 2.75. The molecular weight excluding hydrogens is 805 g/mol. The van der Waals surface area contributed by atoms with Crippen LogP contribution in [0.4, 0.5) is 0 Å². The van der Waals surface area contributed by atoms with Gasteiger partial charge in [-0.15, -0.1) is 0 Å². The summed E-state index contributed by atoms with van der Waals surface area (Å²) in [7, 11) is 0. The fourth-order valence-corrected chi connectivity index (χ4v) is 9.56. The lowest BCUT2D eigenvalue weighted by Crippen LogP contribution is -2.42. The van der Waals surface area contributed by atoms with Gasteiger partial charge >= 0.3 is 5.97 Å². The number of benzene rings is 4. The number of carboxylic acids is 1. The molecule has 0 amide bonds. The van der Waals surface area contributed by atoms with E-state index < -0.39 is 60.6 Å². The van der Waals surface area contributed by atoms with E-state index >= 15 is 4.79 Å². The van der Waals surface area contributed by atoms with Crippen molar-refractivity contribution in [3.8, 4) is 23.0 Å². The summed E-state index contributed by atoms with van der Waals surface area (Å²) in [6, 6.07) is 15.8. The number of rotatable bonds is 6. The molecule has 0 spiro atoms. The molecule has 4 aromatic carbocycles. The van der Waals surface area contributed by atoms with Gasteiger partial charge in [0.25, 0.3) is 0 Å². The van der Waals surface area contributed by atoms with E-state index in [2.05, 4.69) is 125 Å². The summed E-state index contributed by atoms with van der Waals surface area (Å²) in [6.45, 7) is 49.3. The molecule has 0 saturated heterocycles. The van der Waals surface area contributed by atoms with Gasteiger partial charge in [0.1, 0.15) is 23.0 Å². The Kier molecular flexibility index (Phi) is 13.4. The molecule has 0 aliphatic carbocycles. The highest BCUT2D eigenvalue weighted by atomic mass is 16.4. The van der Waals surface area contributed by atoms with Crippen LogP contribution < -0.4 is 0 Å². The second-order valence-electron chi connectivity index (χ2n) is 27.3. The van der Waals surface area contributed by atoms with Crippen molar-refractivity contribution in [2.45, 2.75) is 221 Å². The van der Waals surface area contributed by atoms with E-state index in [0.717, 1.165) is 0 Å². The molecule has 0 aliphatic heterocycles. The van der Waals surface area contributed by atoms with Crippen LogP contribution in [0.25, 0.3) is 0 Å². The van der Waals surface area contributed by atoms with Crippen LogP contribution >= 0.6 is 0 Å². The number of aromatic hydroxyl groups is 4. The topological polar surface area (TPSA) is 118 Å². The summed E-state index contributed by atoms with van der Waals surface area (Å²) in [5, 5.41) is 61.9. The van der Waals surface area contributed by atoms with E-state index in [-0.39, 0.29) is 23.0 Å². The van der Waals surface area contributed by atoms with Crippen molar-refractivity contribution >= 4 is 5.97 Å². The molecule has 5 N–H and O–H groups in total. The maximum atomic E-state index is 15.4. The Bertz CT molecular complexity index is 2120. The van der Waals surface area contributed by atoms with Crippen LogP contribution in [0.15, 0.2) is 48.5 Å². The van der Waals surface area contributed by atoms with Crippen LogP contribution in [-0.2, 0) is 53.5 Å². The molecule has 0 saturated carbocycles. The van der Waals surface area contributed by atoms with Gasteiger partial charge in [0.15, 0.2) is 0 Å². The van der Waals surface area contributed by atoms with Crippen molar-refractivity contribution in [2.75, 3.05) is 0 Å². The van der Waals surface area contributed by atoms with Crippen molar-refractivity contribution in [2.24, 2.45) is 0 Å². The van der Waals surface area contributed by atoms with E-state index in [9.17, 15) is 25.5 Å². The Morgan fingerprint density at radius 2 is 0.477 bits per heavy atom. The first-order valence-corrected chi connectivity index (χ1v) is 23.6. The van der Waals surface area contributed by atoms with Gasteiger partial charge in [0.2, 0.25) is 0 Å². The Labute approximate surface area is 394 Å². The average molecular weight is 891 g/mol. The number of hydrogen-bond acceptors (Lipinski definition) is 5. The lowest BCUT2D eigenvalue weighted by atomic mass is 9.56. The van der Waals surface area contributed by atoms with E-state index in [4.69, 9.17) is 0 Å². The first kappa shape index (κ1) is 53.2. The first-order valence-electron chi connectivity index (χ1n) is 23.6. The third kappa shape index (κ3) is 10.1. The highest BCUT2D eigenvalue weighted by Crippen LogP contribution is 2.58. The third-order valence-electron chi connectivity index (χ3n) is 13.3. The minimum Gasteiger partial charge on any atom is -0.507 e. The molecular formula is C59H86O6. The van der Waals surface area contributed by atoms with Crippen LogP contribution in [0.1, 0.15) is 239 Å². The van der Waals surface area contributed by atoms with Crippen molar-refractivity contribution < 1.29 is 30.3 Å². The van der Waals surface area contributed by atoms with Crippen molar-refractivity contribution in [1.82, 2.24) is 0 Å². The Morgan fingerprint density at radius 3 is 0.615 bits per heavy atom. The second kappa shape index (κ2) is 16.4. The van der Waals surface area contributed by atoms with Gasteiger partial charge in [0, 0.05) is 0 Å². The molecule has 0 radical (unpaired) electrons. The van der Waals surface area contributed by atoms with Crippen LogP contribution in [0.3, 0.4) is 0 Å².